The van der Waals surface area contributed by atoms with Crippen LogP contribution in [0.5, 0.6) is 0 Å². The van der Waals surface area contributed by atoms with Crippen LogP contribution in [0.1, 0.15) is 49.3 Å². The zero-order valence-electron chi connectivity index (χ0n) is 16.5. The van der Waals surface area contributed by atoms with Crippen LogP contribution in [0.3, 0.4) is 0 Å². The summed E-state index contributed by atoms with van der Waals surface area (Å²) in [4.78, 5) is 28.6. The molecule has 0 spiro atoms. The zero-order chi connectivity index (χ0) is 20.1. The number of Topliss-reactive ketones (excluding diaryl/α,β-unsaturated/α-hetero) is 1. The first-order valence-corrected chi connectivity index (χ1v) is 9.76. The van der Waals surface area contributed by atoms with Gasteiger partial charge in [-0.25, -0.2) is 9.78 Å². The van der Waals surface area contributed by atoms with Crippen molar-refractivity contribution in [3.05, 3.63) is 40.8 Å². The molecule has 1 amide bonds. The van der Waals surface area contributed by atoms with Crippen molar-refractivity contribution in [1.82, 2.24) is 9.55 Å². The van der Waals surface area contributed by atoms with E-state index in [0.717, 1.165) is 21.4 Å². The molecule has 2 aromatic rings. The first-order valence-electron chi connectivity index (χ1n) is 8.94. The molecule has 0 atom stereocenters. The molecule has 0 bridgehead atoms. The van der Waals surface area contributed by atoms with Crippen molar-refractivity contribution in [2.24, 2.45) is 5.73 Å². The lowest BCUT2D eigenvalue weighted by molar-refractivity contribution is -0.117. The third kappa shape index (κ3) is 5.85. The molecule has 6 nitrogen and oxygen atoms in total. The van der Waals surface area contributed by atoms with E-state index in [2.05, 4.69) is 45.9 Å². The van der Waals surface area contributed by atoms with E-state index in [0.29, 0.717) is 6.42 Å². The first kappa shape index (κ1) is 21.0. The Morgan fingerprint density at radius 2 is 1.85 bits per heavy atom. The summed E-state index contributed by atoms with van der Waals surface area (Å²) in [7, 11) is 0. The number of nitrogens with two attached hydrogens (primary N) is 1. The number of amides is 1. The smallest absolute Gasteiger partial charge is 0.404 e. The number of nitrogens with zero attached hydrogens (tertiary/aromatic N) is 2. The van der Waals surface area contributed by atoms with Gasteiger partial charge in [-0.3, -0.25) is 4.79 Å². The van der Waals surface area contributed by atoms with Crippen LogP contribution in [-0.2, 0) is 22.5 Å². The number of carbonyl (C=O) groups excluding carboxylic acids is 2. The fourth-order valence-corrected chi connectivity index (χ4v) is 4.29. The van der Waals surface area contributed by atoms with E-state index >= 15 is 0 Å². The largest absolute Gasteiger partial charge is 0.449 e. The van der Waals surface area contributed by atoms with Crippen LogP contribution in [0.4, 0.5) is 4.79 Å². The minimum Gasteiger partial charge on any atom is -0.449 e. The standard InChI is InChI=1S/C20H27N3O3S/c1-12(2)18-19(27-16-9-13(3)8-14(4)10-16)23(11-15(5)24)17(22-18)6-7-26-20(21)25/h8-10,12H,6-7,11H2,1-5H3,(H2,21,25). The molecule has 0 radical (unpaired) electrons. The third-order valence-electron chi connectivity index (χ3n) is 3.93. The summed E-state index contributed by atoms with van der Waals surface area (Å²) < 4.78 is 6.79. The van der Waals surface area contributed by atoms with Crippen LogP contribution < -0.4 is 5.73 Å². The maximum Gasteiger partial charge on any atom is 0.404 e. The number of primary amides is 1. The Morgan fingerprint density at radius 1 is 1.22 bits per heavy atom. The van der Waals surface area contributed by atoms with E-state index in [1.807, 2.05) is 4.57 Å². The van der Waals surface area contributed by atoms with Crippen molar-refractivity contribution in [1.29, 1.82) is 0 Å². The normalized spacial score (nSPS) is 11.0. The van der Waals surface area contributed by atoms with Gasteiger partial charge in [0.15, 0.2) is 0 Å². The summed E-state index contributed by atoms with van der Waals surface area (Å²) in [5.74, 6) is 0.964. The van der Waals surface area contributed by atoms with E-state index < -0.39 is 6.09 Å². The minimum atomic E-state index is -0.811. The lowest BCUT2D eigenvalue weighted by atomic mass is 10.1. The number of aromatic nitrogens is 2. The summed E-state index contributed by atoms with van der Waals surface area (Å²) in [6.45, 7) is 10.2. The van der Waals surface area contributed by atoms with Gasteiger partial charge in [0.25, 0.3) is 0 Å². The van der Waals surface area contributed by atoms with E-state index in [-0.39, 0.29) is 24.9 Å². The maximum absolute atomic E-state index is 11.9. The molecule has 146 valence electrons. The lowest BCUT2D eigenvalue weighted by Crippen LogP contribution is -2.17. The van der Waals surface area contributed by atoms with Crippen molar-refractivity contribution in [3.8, 4) is 0 Å². The number of imidazole rings is 1. The van der Waals surface area contributed by atoms with E-state index in [1.54, 1.807) is 18.7 Å². The number of hydrogen-bond acceptors (Lipinski definition) is 5. The van der Waals surface area contributed by atoms with Crippen LogP contribution in [0.2, 0.25) is 0 Å². The number of ketones is 1. The molecule has 0 saturated heterocycles. The summed E-state index contributed by atoms with van der Waals surface area (Å²) in [5, 5.41) is 0.958. The highest BCUT2D eigenvalue weighted by atomic mass is 32.2. The fraction of sp³-hybridized carbons (Fsp3) is 0.450. The van der Waals surface area contributed by atoms with Gasteiger partial charge in [0.05, 0.1) is 12.2 Å². The fourth-order valence-electron chi connectivity index (χ4n) is 2.91. The van der Waals surface area contributed by atoms with Crippen LogP contribution in [-0.4, -0.2) is 28.0 Å². The molecule has 7 heteroatoms. The highest BCUT2D eigenvalue weighted by molar-refractivity contribution is 7.99. The van der Waals surface area contributed by atoms with Crippen molar-refractivity contribution in [3.63, 3.8) is 0 Å². The maximum atomic E-state index is 11.9. The molecule has 0 saturated carbocycles. The molecule has 0 fully saturated rings. The Bertz CT molecular complexity index is 823. The zero-order valence-corrected chi connectivity index (χ0v) is 17.4. The Balaban J connectivity index is 2.46. The Hall–Kier alpha value is -2.28. The number of carbonyl (C=O) groups is 2. The molecule has 0 aliphatic heterocycles. The average Bonchev–Trinajstić information content (AvgIpc) is 2.84. The van der Waals surface area contributed by atoms with Crippen molar-refractivity contribution < 1.29 is 14.3 Å². The second kappa shape index (κ2) is 9.08. The molecule has 1 aromatic heterocycles. The number of ether oxygens (including phenoxy) is 1. The summed E-state index contributed by atoms with van der Waals surface area (Å²) in [5.41, 5.74) is 8.36. The number of benzene rings is 1. The molecule has 1 heterocycles. The molecular weight excluding hydrogens is 362 g/mol. The van der Waals surface area contributed by atoms with Gasteiger partial charge >= 0.3 is 6.09 Å². The van der Waals surface area contributed by atoms with E-state index in [4.69, 9.17) is 15.5 Å². The number of aryl methyl sites for hydroxylation is 2. The van der Waals surface area contributed by atoms with E-state index in [1.165, 1.54) is 11.1 Å². The summed E-state index contributed by atoms with van der Waals surface area (Å²) in [6.07, 6.45) is -0.405. The van der Waals surface area contributed by atoms with Gasteiger partial charge in [-0.05, 0) is 49.9 Å². The average molecular weight is 390 g/mol. The van der Waals surface area contributed by atoms with Crippen LogP contribution in [0, 0.1) is 13.8 Å². The molecule has 27 heavy (non-hydrogen) atoms. The van der Waals surface area contributed by atoms with Crippen molar-refractivity contribution in [2.75, 3.05) is 6.61 Å². The first-order chi connectivity index (χ1) is 12.7. The third-order valence-corrected chi connectivity index (χ3v) is 5.03. The molecule has 0 unspecified atom stereocenters. The highest BCUT2D eigenvalue weighted by Crippen LogP contribution is 2.36. The van der Waals surface area contributed by atoms with Crippen LogP contribution >= 0.6 is 11.8 Å². The van der Waals surface area contributed by atoms with Gasteiger partial charge < -0.3 is 15.0 Å². The van der Waals surface area contributed by atoms with Crippen LogP contribution in [0.15, 0.2) is 28.1 Å². The Kier molecular flexibility index (Phi) is 7.07. The molecule has 0 aliphatic rings. The Morgan fingerprint density at radius 3 is 2.37 bits per heavy atom. The predicted octanol–water partition coefficient (Wildman–Crippen LogP) is 4.00. The van der Waals surface area contributed by atoms with Crippen molar-refractivity contribution >= 4 is 23.6 Å². The second-order valence-corrected chi connectivity index (χ2v) is 8.07. The minimum absolute atomic E-state index is 0.0436. The summed E-state index contributed by atoms with van der Waals surface area (Å²) >= 11 is 1.62. The topological polar surface area (TPSA) is 87.2 Å². The predicted molar refractivity (Wildman–Crippen MR) is 106 cm³/mol. The number of hydrogen-bond donors (Lipinski definition) is 1. The Labute approximate surface area is 164 Å². The highest BCUT2D eigenvalue weighted by Gasteiger charge is 2.21. The molecular formula is C20H27N3O3S. The second-order valence-electron chi connectivity index (χ2n) is 7.00. The van der Waals surface area contributed by atoms with Crippen LogP contribution in [0.25, 0.3) is 0 Å². The van der Waals surface area contributed by atoms with Gasteiger partial charge in [-0.1, -0.05) is 31.7 Å². The molecule has 2 rings (SSSR count). The van der Waals surface area contributed by atoms with Gasteiger partial charge in [0.1, 0.15) is 23.2 Å². The van der Waals surface area contributed by atoms with Gasteiger partial charge in [-0.2, -0.15) is 0 Å². The SMILES string of the molecule is CC(=O)Cn1c(CCOC(N)=O)nc(C(C)C)c1Sc1cc(C)cc(C)c1. The lowest BCUT2D eigenvalue weighted by Gasteiger charge is -2.13. The van der Waals surface area contributed by atoms with E-state index in [9.17, 15) is 9.59 Å². The monoisotopic (exact) mass is 389 g/mol. The quantitative estimate of drug-likeness (QED) is 0.737. The molecule has 1 aromatic carbocycles. The van der Waals surface area contributed by atoms with Crippen molar-refractivity contribution in [2.45, 2.75) is 63.4 Å². The molecule has 0 aliphatic carbocycles. The van der Waals surface area contributed by atoms with Gasteiger partial charge in [0.2, 0.25) is 0 Å². The van der Waals surface area contributed by atoms with Gasteiger partial charge in [0, 0.05) is 11.3 Å². The molecule has 2 N–H and O–H groups in total. The van der Waals surface area contributed by atoms with Gasteiger partial charge in [-0.15, -0.1) is 0 Å². The summed E-state index contributed by atoms with van der Waals surface area (Å²) in [6, 6.07) is 6.39. The number of rotatable bonds is 8.